The first-order valence-corrected chi connectivity index (χ1v) is 6.09. The van der Waals surface area contributed by atoms with E-state index in [4.69, 9.17) is 0 Å². The van der Waals surface area contributed by atoms with Gasteiger partial charge in [0.2, 0.25) is 0 Å². The third kappa shape index (κ3) is 2.63. The summed E-state index contributed by atoms with van der Waals surface area (Å²) in [6.07, 6.45) is 1.71. The quantitative estimate of drug-likeness (QED) is 0.807. The Hall–Kier alpha value is -0.860. The molecule has 0 amide bonds. The van der Waals surface area contributed by atoms with Gasteiger partial charge in [-0.2, -0.15) is 0 Å². The van der Waals surface area contributed by atoms with Crippen molar-refractivity contribution in [3.05, 3.63) is 35.4 Å². The van der Waals surface area contributed by atoms with Gasteiger partial charge >= 0.3 is 0 Å². The summed E-state index contributed by atoms with van der Waals surface area (Å²) in [4.78, 5) is 0. The molecule has 1 aromatic rings. The highest BCUT2D eigenvalue weighted by molar-refractivity contribution is 5.25. The van der Waals surface area contributed by atoms with E-state index < -0.39 is 11.7 Å². The summed E-state index contributed by atoms with van der Waals surface area (Å²) in [5, 5.41) is 19.9. The second-order valence-electron chi connectivity index (χ2n) is 4.27. The average Bonchev–Trinajstić information content (AvgIpc) is 2.29. The number of aliphatic hydroxyl groups is 2. The monoisotopic (exact) mass is 222 g/mol. The molecule has 2 nitrogen and oxygen atoms in total. The molecule has 2 rings (SSSR count). The molecule has 0 bridgehead atoms. The fourth-order valence-electron chi connectivity index (χ4n) is 1.87. The molecule has 0 spiro atoms. The smallest absolute Gasteiger partial charge is 0.108 e. The van der Waals surface area contributed by atoms with Crippen LogP contribution in [-0.4, -0.2) is 15.8 Å². The van der Waals surface area contributed by atoms with Gasteiger partial charge in [0.05, 0.1) is 5.60 Å². The molecule has 1 fully saturated rings. The van der Waals surface area contributed by atoms with Gasteiger partial charge in [0.25, 0.3) is 0 Å². The van der Waals surface area contributed by atoms with Gasteiger partial charge in [0.1, 0.15) is 6.10 Å². The molecule has 1 atom stereocenters. The van der Waals surface area contributed by atoms with Gasteiger partial charge in [0, 0.05) is 0 Å². The van der Waals surface area contributed by atoms with Gasteiger partial charge in [-0.1, -0.05) is 43.7 Å². The molecule has 0 radical (unpaired) electrons. The van der Waals surface area contributed by atoms with Crippen LogP contribution < -0.4 is 0 Å². The van der Waals surface area contributed by atoms with Crippen molar-refractivity contribution in [2.45, 2.75) is 51.7 Å². The molecule has 2 heteroatoms. The van der Waals surface area contributed by atoms with E-state index in [2.05, 4.69) is 0 Å². The predicted octanol–water partition coefficient (Wildman–Crippen LogP) is 2.97. The van der Waals surface area contributed by atoms with E-state index in [0.29, 0.717) is 12.8 Å². The van der Waals surface area contributed by atoms with Crippen molar-refractivity contribution in [1.29, 1.82) is 0 Å². The molecule has 0 aliphatic heterocycles. The van der Waals surface area contributed by atoms with Crippen molar-refractivity contribution < 1.29 is 10.2 Å². The van der Waals surface area contributed by atoms with Gasteiger partial charge < -0.3 is 10.2 Å². The summed E-state index contributed by atoms with van der Waals surface area (Å²) in [7, 11) is 0. The summed E-state index contributed by atoms with van der Waals surface area (Å²) in [6, 6.07) is 7.69. The molecule has 1 aliphatic carbocycles. The van der Waals surface area contributed by atoms with Crippen LogP contribution in [0.4, 0.5) is 0 Å². The number of aryl methyl sites for hydroxylation is 1. The zero-order chi connectivity index (χ0) is 12.2. The van der Waals surface area contributed by atoms with Crippen LogP contribution >= 0.6 is 0 Å². The molecule has 0 saturated heterocycles. The summed E-state index contributed by atoms with van der Waals surface area (Å²) >= 11 is 0. The van der Waals surface area contributed by atoms with Crippen molar-refractivity contribution in [1.82, 2.24) is 0 Å². The highest BCUT2D eigenvalue weighted by atomic mass is 16.3. The molecular formula is C14H22O2. The normalized spacial score (nSPS) is 19.1. The van der Waals surface area contributed by atoms with E-state index in [-0.39, 0.29) is 0 Å². The van der Waals surface area contributed by atoms with Gasteiger partial charge in [-0.15, -0.1) is 0 Å². The third-order valence-electron chi connectivity index (χ3n) is 3.12. The van der Waals surface area contributed by atoms with Gasteiger partial charge in [-0.05, 0) is 31.7 Å². The third-order valence-corrected chi connectivity index (χ3v) is 3.12. The minimum absolute atomic E-state index is 0.710. The molecule has 16 heavy (non-hydrogen) atoms. The second-order valence-corrected chi connectivity index (χ2v) is 4.27. The van der Waals surface area contributed by atoms with E-state index >= 15 is 0 Å². The Balaban J connectivity index is 0.000000606. The summed E-state index contributed by atoms with van der Waals surface area (Å²) < 4.78 is 0. The first-order valence-electron chi connectivity index (χ1n) is 6.09. The molecule has 2 N–H and O–H groups in total. The zero-order valence-corrected chi connectivity index (χ0v) is 10.4. The largest absolute Gasteiger partial charge is 0.387 e. The van der Waals surface area contributed by atoms with Crippen molar-refractivity contribution in [3.63, 3.8) is 0 Å². The van der Waals surface area contributed by atoms with Crippen LogP contribution in [0.5, 0.6) is 0 Å². The lowest BCUT2D eigenvalue weighted by Crippen LogP contribution is -2.42. The molecule has 1 unspecified atom stereocenters. The van der Waals surface area contributed by atoms with Gasteiger partial charge in [-0.3, -0.25) is 0 Å². The Morgan fingerprint density at radius 1 is 1.12 bits per heavy atom. The van der Waals surface area contributed by atoms with Crippen molar-refractivity contribution in [2.24, 2.45) is 0 Å². The number of benzene rings is 1. The summed E-state index contributed by atoms with van der Waals surface area (Å²) in [5.74, 6) is 0. The summed E-state index contributed by atoms with van der Waals surface area (Å²) in [5.41, 5.74) is 1.12. The maximum atomic E-state index is 9.95. The number of hydrogen-bond donors (Lipinski definition) is 2. The first kappa shape index (κ1) is 13.2. The van der Waals surface area contributed by atoms with E-state index in [1.165, 1.54) is 5.56 Å². The predicted molar refractivity (Wildman–Crippen MR) is 66.3 cm³/mol. The minimum Gasteiger partial charge on any atom is -0.387 e. The summed E-state index contributed by atoms with van der Waals surface area (Å²) in [6.45, 7) is 6.01. The zero-order valence-electron chi connectivity index (χ0n) is 10.4. The lowest BCUT2D eigenvalue weighted by molar-refractivity contribution is -0.127. The molecule has 1 aliphatic rings. The lowest BCUT2D eigenvalue weighted by Gasteiger charge is -2.40. The molecular weight excluding hydrogens is 200 g/mol. The lowest BCUT2D eigenvalue weighted by atomic mass is 9.74. The Labute approximate surface area is 97.9 Å². The fourth-order valence-corrected chi connectivity index (χ4v) is 1.87. The highest BCUT2D eigenvalue weighted by Crippen LogP contribution is 2.41. The molecule has 1 aromatic carbocycles. The van der Waals surface area contributed by atoms with Gasteiger partial charge in [0.15, 0.2) is 0 Å². The van der Waals surface area contributed by atoms with Crippen LogP contribution in [0.25, 0.3) is 0 Å². The van der Waals surface area contributed by atoms with E-state index in [0.717, 1.165) is 12.0 Å². The van der Waals surface area contributed by atoms with Crippen LogP contribution in [-0.2, 0) is 0 Å². The van der Waals surface area contributed by atoms with E-state index in [1.54, 1.807) is 0 Å². The molecule has 90 valence electrons. The first-order chi connectivity index (χ1) is 7.62. The van der Waals surface area contributed by atoms with Crippen LogP contribution in [0.1, 0.15) is 50.3 Å². The SMILES string of the molecule is CC.Cc1ccc(C(O)C2(O)CCC2)cc1. The Morgan fingerprint density at radius 2 is 1.62 bits per heavy atom. The maximum absolute atomic E-state index is 9.95. The van der Waals surface area contributed by atoms with Crippen LogP contribution in [0, 0.1) is 6.92 Å². The topological polar surface area (TPSA) is 40.5 Å². The average molecular weight is 222 g/mol. The van der Waals surface area contributed by atoms with Gasteiger partial charge in [-0.25, -0.2) is 0 Å². The van der Waals surface area contributed by atoms with Crippen LogP contribution in [0.2, 0.25) is 0 Å². The molecule has 0 heterocycles. The Bertz CT molecular complexity index is 312. The van der Waals surface area contributed by atoms with Crippen molar-refractivity contribution >= 4 is 0 Å². The fraction of sp³-hybridized carbons (Fsp3) is 0.571. The number of rotatable bonds is 2. The van der Waals surface area contributed by atoms with Crippen LogP contribution in [0.3, 0.4) is 0 Å². The maximum Gasteiger partial charge on any atom is 0.108 e. The number of aliphatic hydroxyl groups excluding tert-OH is 1. The molecule has 1 saturated carbocycles. The second kappa shape index (κ2) is 5.46. The van der Waals surface area contributed by atoms with E-state index in [1.807, 2.05) is 45.0 Å². The Morgan fingerprint density at radius 3 is 2.00 bits per heavy atom. The Kier molecular flexibility index (Phi) is 4.51. The molecule has 0 aromatic heterocycles. The van der Waals surface area contributed by atoms with E-state index in [9.17, 15) is 10.2 Å². The number of hydrogen-bond acceptors (Lipinski definition) is 2. The van der Waals surface area contributed by atoms with Crippen molar-refractivity contribution in [2.75, 3.05) is 0 Å². The van der Waals surface area contributed by atoms with Crippen molar-refractivity contribution in [3.8, 4) is 0 Å². The standard InChI is InChI=1S/C12H16O2.C2H6/c1-9-3-5-10(6-4-9)11(13)12(14)7-2-8-12;1-2/h3-6,11,13-14H,2,7-8H2,1H3;1-2H3. The highest BCUT2D eigenvalue weighted by Gasteiger charge is 2.42. The minimum atomic E-state index is -0.866. The van der Waals surface area contributed by atoms with Crippen LogP contribution in [0.15, 0.2) is 24.3 Å².